The van der Waals surface area contributed by atoms with Gasteiger partial charge in [-0.15, -0.1) is 0 Å². The summed E-state index contributed by atoms with van der Waals surface area (Å²) in [5, 5.41) is -0.447. The summed E-state index contributed by atoms with van der Waals surface area (Å²) in [6, 6.07) is 2.92. The Kier molecular flexibility index (Phi) is 2.16. The fourth-order valence-electron chi connectivity index (χ4n) is 2.34. The molecule has 0 radical (unpaired) electrons. The van der Waals surface area contributed by atoms with Crippen LogP contribution in [0.15, 0.2) is 29.3 Å². The van der Waals surface area contributed by atoms with Crippen LogP contribution in [0.4, 0.5) is 0 Å². The average Bonchev–Trinajstić information content (AvgIpc) is 2.79. The van der Waals surface area contributed by atoms with Gasteiger partial charge >= 0.3 is 0 Å². The lowest BCUT2D eigenvalue weighted by Crippen LogP contribution is -2.08. The molecule has 0 aromatic carbocycles. The monoisotopic (exact) mass is 252 g/mol. The number of aromatic amines is 1. The number of nitrogens with one attached hydrogen (secondary N) is 1. The van der Waals surface area contributed by atoms with Gasteiger partial charge in [0.25, 0.3) is 0 Å². The first-order valence-corrected chi connectivity index (χ1v) is 7.20. The zero-order valence-corrected chi connectivity index (χ0v) is 9.90. The van der Waals surface area contributed by atoms with E-state index in [0.29, 0.717) is 24.2 Å². The molecule has 0 saturated carbocycles. The second-order valence-corrected chi connectivity index (χ2v) is 6.67. The first-order chi connectivity index (χ1) is 8.06. The second-order valence-electron chi connectivity index (χ2n) is 4.36. The SMILES string of the molecule is O=c1ccn2cc(C3CCCS3(=O)=O)[nH]c2c1. The number of H-pyrrole nitrogens is 1. The minimum atomic E-state index is -3.02. The molecule has 1 aliphatic rings. The molecular weight excluding hydrogens is 240 g/mol. The fraction of sp³-hybridized carbons (Fsp3) is 0.364. The second kappa shape index (κ2) is 3.46. The molecule has 1 saturated heterocycles. The van der Waals surface area contributed by atoms with E-state index >= 15 is 0 Å². The molecule has 1 aliphatic heterocycles. The van der Waals surface area contributed by atoms with Gasteiger partial charge in [0.1, 0.15) is 10.9 Å². The predicted octanol–water partition coefficient (Wildman–Crippen LogP) is 0.877. The lowest BCUT2D eigenvalue weighted by Gasteiger charge is -2.04. The summed E-state index contributed by atoms with van der Waals surface area (Å²) in [5.74, 6) is 0.254. The molecule has 0 aliphatic carbocycles. The summed E-state index contributed by atoms with van der Waals surface area (Å²) in [6.07, 6.45) is 4.75. The largest absolute Gasteiger partial charge is 0.342 e. The van der Waals surface area contributed by atoms with E-state index in [9.17, 15) is 13.2 Å². The van der Waals surface area contributed by atoms with Gasteiger partial charge in [0.2, 0.25) is 0 Å². The standard InChI is InChI=1S/C11H12N2O3S/c14-8-3-4-13-7-9(12-11(13)6-8)10-2-1-5-17(10,15)16/h3-4,6-7,10,12H,1-2,5H2. The van der Waals surface area contributed by atoms with Crippen molar-refractivity contribution in [3.8, 4) is 0 Å². The van der Waals surface area contributed by atoms with Gasteiger partial charge in [0, 0.05) is 24.5 Å². The van der Waals surface area contributed by atoms with Gasteiger partial charge in [-0.05, 0) is 12.8 Å². The van der Waals surface area contributed by atoms with Crippen molar-refractivity contribution in [3.63, 3.8) is 0 Å². The Morgan fingerprint density at radius 2 is 2.24 bits per heavy atom. The van der Waals surface area contributed by atoms with Crippen LogP contribution in [0.1, 0.15) is 23.8 Å². The molecule has 5 nitrogen and oxygen atoms in total. The number of hydrogen-bond acceptors (Lipinski definition) is 3. The highest BCUT2D eigenvalue weighted by Gasteiger charge is 2.33. The summed E-state index contributed by atoms with van der Waals surface area (Å²) in [6.45, 7) is 0. The molecule has 1 atom stereocenters. The maximum Gasteiger partial charge on any atom is 0.183 e. The van der Waals surface area contributed by atoms with Crippen molar-refractivity contribution >= 4 is 15.5 Å². The fourth-order valence-corrected chi connectivity index (χ4v) is 4.22. The molecule has 1 N–H and O–H groups in total. The third-order valence-electron chi connectivity index (χ3n) is 3.18. The van der Waals surface area contributed by atoms with Crippen LogP contribution in [-0.4, -0.2) is 23.6 Å². The van der Waals surface area contributed by atoms with Crippen molar-refractivity contribution in [2.75, 3.05) is 5.75 Å². The highest BCUT2D eigenvalue weighted by Crippen LogP contribution is 2.33. The molecular formula is C11H12N2O3S. The third kappa shape index (κ3) is 1.68. The van der Waals surface area contributed by atoms with Crippen LogP contribution in [0.25, 0.3) is 5.65 Å². The number of imidazole rings is 1. The van der Waals surface area contributed by atoms with Crippen molar-refractivity contribution in [2.24, 2.45) is 0 Å². The van der Waals surface area contributed by atoms with Crippen LogP contribution in [-0.2, 0) is 9.84 Å². The van der Waals surface area contributed by atoms with E-state index in [1.165, 1.54) is 12.1 Å². The van der Waals surface area contributed by atoms with Crippen LogP contribution < -0.4 is 5.43 Å². The van der Waals surface area contributed by atoms with Crippen LogP contribution in [0.2, 0.25) is 0 Å². The normalized spacial score (nSPS) is 23.2. The highest BCUT2D eigenvalue weighted by atomic mass is 32.2. The molecule has 1 fully saturated rings. The maximum atomic E-state index is 11.8. The molecule has 2 aromatic heterocycles. The van der Waals surface area contributed by atoms with Crippen molar-refractivity contribution in [2.45, 2.75) is 18.1 Å². The van der Waals surface area contributed by atoms with E-state index in [-0.39, 0.29) is 11.2 Å². The molecule has 90 valence electrons. The Balaban J connectivity index is 2.16. The molecule has 6 heteroatoms. The molecule has 2 aromatic rings. The van der Waals surface area contributed by atoms with Crippen molar-refractivity contribution < 1.29 is 8.42 Å². The molecule has 0 bridgehead atoms. The quantitative estimate of drug-likeness (QED) is 0.818. The number of rotatable bonds is 1. The lowest BCUT2D eigenvalue weighted by atomic mass is 10.2. The highest BCUT2D eigenvalue weighted by molar-refractivity contribution is 7.91. The van der Waals surface area contributed by atoms with E-state index < -0.39 is 15.1 Å². The summed E-state index contributed by atoms with van der Waals surface area (Å²) in [4.78, 5) is 14.2. The van der Waals surface area contributed by atoms with Gasteiger partial charge in [0.15, 0.2) is 15.3 Å². The Labute approximate surface area is 98.0 Å². The first-order valence-electron chi connectivity index (χ1n) is 5.49. The van der Waals surface area contributed by atoms with Gasteiger partial charge in [-0.1, -0.05) is 0 Å². The van der Waals surface area contributed by atoms with Gasteiger partial charge in [0.05, 0.1) is 11.4 Å². The molecule has 1 unspecified atom stereocenters. The Bertz CT molecular complexity index is 726. The van der Waals surface area contributed by atoms with E-state index in [1.807, 2.05) is 0 Å². The van der Waals surface area contributed by atoms with E-state index in [4.69, 9.17) is 0 Å². The van der Waals surface area contributed by atoms with Crippen molar-refractivity contribution in [3.05, 3.63) is 40.4 Å². The Morgan fingerprint density at radius 3 is 2.94 bits per heavy atom. The molecule has 17 heavy (non-hydrogen) atoms. The average molecular weight is 252 g/mol. The van der Waals surface area contributed by atoms with Crippen LogP contribution in [0, 0.1) is 0 Å². The van der Waals surface area contributed by atoms with E-state index in [2.05, 4.69) is 4.98 Å². The number of aromatic nitrogens is 2. The summed E-state index contributed by atoms with van der Waals surface area (Å²) < 4.78 is 25.4. The van der Waals surface area contributed by atoms with Crippen LogP contribution in [0.3, 0.4) is 0 Å². The molecule has 3 heterocycles. The smallest absolute Gasteiger partial charge is 0.183 e. The molecule has 0 spiro atoms. The lowest BCUT2D eigenvalue weighted by molar-refractivity contribution is 0.591. The predicted molar refractivity (Wildman–Crippen MR) is 63.8 cm³/mol. The number of nitrogens with zero attached hydrogens (tertiary/aromatic N) is 1. The maximum absolute atomic E-state index is 11.8. The van der Waals surface area contributed by atoms with Gasteiger partial charge in [-0.3, -0.25) is 4.79 Å². The van der Waals surface area contributed by atoms with Gasteiger partial charge in [-0.2, -0.15) is 0 Å². The topological polar surface area (TPSA) is 71.4 Å². The van der Waals surface area contributed by atoms with Crippen LogP contribution in [0.5, 0.6) is 0 Å². The van der Waals surface area contributed by atoms with Gasteiger partial charge in [-0.25, -0.2) is 8.42 Å². The van der Waals surface area contributed by atoms with E-state index in [0.717, 1.165) is 0 Å². The third-order valence-corrected chi connectivity index (χ3v) is 5.40. The number of hydrogen-bond donors (Lipinski definition) is 1. The van der Waals surface area contributed by atoms with Gasteiger partial charge < -0.3 is 9.38 Å². The van der Waals surface area contributed by atoms with Crippen molar-refractivity contribution in [1.82, 2.24) is 9.38 Å². The molecule has 0 amide bonds. The van der Waals surface area contributed by atoms with E-state index in [1.54, 1.807) is 16.8 Å². The van der Waals surface area contributed by atoms with Crippen LogP contribution >= 0.6 is 0 Å². The zero-order chi connectivity index (χ0) is 12.0. The molecule has 3 rings (SSSR count). The first kappa shape index (κ1) is 10.6. The minimum absolute atomic E-state index is 0.0901. The van der Waals surface area contributed by atoms with Crippen molar-refractivity contribution in [1.29, 1.82) is 0 Å². The number of sulfone groups is 1. The summed E-state index contributed by atoms with van der Waals surface area (Å²) in [5.41, 5.74) is 1.22. The Hall–Kier alpha value is -1.56. The number of fused-ring (bicyclic) bond motifs is 1. The number of pyridine rings is 1. The zero-order valence-electron chi connectivity index (χ0n) is 9.09. The Morgan fingerprint density at radius 1 is 1.41 bits per heavy atom. The minimum Gasteiger partial charge on any atom is -0.342 e. The summed E-state index contributed by atoms with van der Waals surface area (Å²) in [7, 11) is -3.02. The summed E-state index contributed by atoms with van der Waals surface area (Å²) >= 11 is 0.